The number of aliphatic hydroxyl groups excluding tert-OH is 1. The maximum atomic E-state index is 14.2. The van der Waals surface area contributed by atoms with E-state index in [9.17, 15) is 23.1 Å². The van der Waals surface area contributed by atoms with Crippen molar-refractivity contribution in [1.82, 2.24) is 24.4 Å². The maximum Gasteiger partial charge on any atom is 0.321 e. The van der Waals surface area contributed by atoms with Gasteiger partial charge in [0.1, 0.15) is 6.04 Å². The van der Waals surface area contributed by atoms with E-state index in [1.165, 1.54) is 49.1 Å². The summed E-state index contributed by atoms with van der Waals surface area (Å²) in [6, 6.07) is 10.1. The summed E-state index contributed by atoms with van der Waals surface area (Å²) in [4.78, 5) is 35.4. The summed E-state index contributed by atoms with van der Waals surface area (Å²) >= 11 is 1.52. The first-order valence-corrected chi connectivity index (χ1v) is 19.3. The molecule has 0 saturated carbocycles. The lowest BCUT2D eigenvalue weighted by atomic mass is 9.97. The van der Waals surface area contributed by atoms with E-state index in [-0.39, 0.29) is 59.5 Å². The number of methoxy groups -OCH3 is 3. The fraction of sp³-hybridized carbons (Fsp3) is 0.528. The molecule has 1 aliphatic heterocycles. The summed E-state index contributed by atoms with van der Waals surface area (Å²) in [5.74, 6) is -0.177. The number of amides is 3. The van der Waals surface area contributed by atoms with Gasteiger partial charge in [0.05, 0.1) is 55.6 Å². The molecule has 0 spiro atoms. The number of hydrogen-bond acceptors (Lipinski definition) is 10. The number of thiazole rings is 1. The second-order valence-electron chi connectivity index (χ2n) is 13.4. The zero-order chi connectivity index (χ0) is 37.5. The van der Waals surface area contributed by atoms with Crippen molar-refractivity contribution >= 4 is 33.3 Å². The Morgan fingerprint density at radius 1 is 1.02 bits per heavy atom. The molecule has 4 rings (SSSR count). The van der Waals surface area contributed by atoms with Gasteiger partial charge in [-0.1, -0.05) is 58.0 Å². The Morgan fingerprint density at radius 3 is 2.20 bits per heavy atom. The molecule has 0 unspecified atom stereocenters. The zero-order valence-electron chi connectivity index (χ0n) is 30.7. The third-order valence-corrected chi connectivity index (χ3v) is 11.3. The smallest absolute Gasteiger partial charge is 0.321 e. The van der Waals surface area contributed by atoms with E-state index < -0.39 is 34.1 Å². The Hall–Kier alpha value is -3.92. The van der Waals surface area contributed by atoms with Crippen LogP contribution in [0.25, 0.3) is 0 Å². The van der Waals surface area contributed by atoms with E-state index >= 15 is 0 Å². The quantitative estimate of drug-likeness (QED) is 0.196. The number of rotatable bonds is 18. The first kappa shape index (κ1) is 39.9. The highest BCUT2D eigenvalue weighted by molar-refractivity contribution is 7.89. The molecule has 2 aromatic carbocycles. The van der Waals surface area contributed by atoms with Gasteiger partial charge in [0.15, 0.2) is 11.5 Å². The van der Waals surface area contributed by atoms with E-state index in [1.807, 2.05) is 70.3 Å². The molecule has 1 saturated heterocycles. The molecule has 15 heteroatoms. The highest BCUT2D eigenvalue weighted by Crippen LogP contribution is 2.40. The van der Waals surface area contributed by atoms with Gasteiger partial charge >= 0.3 is 6.03 Å². The molecule has 1 aliphatic rings. The molecular formula is C36H51N5O8S2. The average Bonchev–Trinajstić information content (AvgIpc) is 3.67. The van der Waals surface area contributed by atoms with Crippen molar-refractivity contribution < 1.29 is 37.3 Å². The molecule has 2 N–H and O–H groups in total. The standard InChI is InChI=1S/C36H51N5O8S2/c1-23(2)19-40(51(45,46)28-17-31(47-6)34(49-8)32(18-28)48-7)21-30(42)29(16-26-12-10-9-11-13-26)38-35(43)33(24(3)4)41-15-14-39(36(41)44)20-27-22-50-25(5)37-27/h9-13,17-18,22-24,29-30,33,42H,14-16,19-21H2,1-8H3,(H,38,43)/t29-,30-,33-/m0/s1. The summed E-state index contributed by atoms with van der Waals surface area (Å²) < 4.78 is 45.9. The zero-order valence-corrected chi connectivity index (χ0v) is 32.3. The lowest BCUT2D eigenvalue weighted by Crippen LogP contribution is -2.57. The predicted octanol–water partition coefficient (Wildman–Crippen LogP) is 4.17. The van der Waals surface area contributed by atoms with Crippen LogP contribution < -0.4 is 19.5 Å². The van der Waals surface area contributed by atoms with Crippen molar-refractivity contribution in [3.63, 3.8) is 0 Å². The number of aromatic nitrogens is 1. The molecule has 280 valence electrons. The lowest BCUT2D eigenvalue weighted by molar-refractivity contribution is -0.128. The molecule has 3 atom stereocenters. The van der Waals surface area contributed by atoms with Gasteiger partial charge in [-0.15, -0.1) is 11.3 Å². The summed E-state index contributed by atoms with van der Waals surface area (Å²) in [5, 5.41) is 17.7. The van der Waals surface area contributed by atoms with E-state index in [0.717, 1.165) is 16.3 Å². The molecule has 1 fully saturated rings. The fourth-order valence-electron chi connectivity index (χ4n) is 6.28. The van der Waals surface area contributed by atoms with E-state index in [0.29, 0.717) is 19.6 Å². The van der Waals surface area contributed by atoms with Gasteiger partial charge in [-0.3, -0.25) is 4.79 Å². The van der Waals surface area contributed by atoms with Gasteiger partial charge in [-0.05, 0) is 30.7 Å². The SMILES string of the molecule is COc1cc(S(=O)(=O)N(CC(C)C)C[C@H](O)[C@H](Cc2ccccc2)NC(=O)[C@H](C(C)C)N2CCN(Cc3csc(C)n3)C2=O)cc(OC)c1OC. The Labute approximate surface area is 305 Å². The molecule has 0 aliphatic carbocycles. The number of ether oxygens (including phenoxy) is 3. The van der Waals surface area contributed by atoms with Crippen LogP contribution >= 0.6 is 11.3 Å². The van der Waals surface area contributed by atoms with Crippen LogP contribution in [0.15, 0.2) is 52.7 Å². The van der Waals surface area contributed by atoms with Crippen LogP contribution in [-0.2, 0) is 27.8 Å². The number of hydrogen-bond donors (Lipinski definition) is 2. The molecule has 51 heavy (non-hydrogen) atoms. The lowest BCUT2D eigenvalue weighted by Gasteiger charge is -2.34. The topological polar surface area (TPSA) is 151 Å². The first-order valence-electron chi connectivity index (χ1n) is 17.0. The van der Waals surface area contributed by atoms with E-state index in [4.69, 9.17) is 14.2 Å². The van der Waals surface area contributed by atoms with E-state index in [2.05, 4.69) is 10.3 Å². The number of aliphatic hydroxyl groups is 1. The van der Waals surface area contributed by atoms with Gasteiger partial charge in [0.2, 0.25) is 21.7 Å². The number of aryl methyl sites for hydroxylation is 1. The summed E-state index contributed by atoms with van der Waals surface area (Å²) in [7, 11) is 0.0207. The summed E-state index contributed by atoms with van der Waals surface area (Å²) in [5.41, 5.74) is 1.64. The van der Waals surface area contributed by atoms with Crippen molar-refractivity contribution in [2.75, 3.05) is 47.5 Å². The summed E-state index contributed by atoms with van der Waals surface area (Å²) in [6.45, 7) is 10.4. The summed E-state index contributed by atoms with van der Waals surface area (Å²) in [6.07, 6.45) is -1.10. The van der Waals surface area contributed by atoms with Crippen molar-refractivity contribution in [3.8, 4) is 17.2 Å². The van der Waals surface area contributed by atoms with Gasteiger partial charge < -0.3 is 34.4 Å². The van der Waals surface area contributed by atoms with Gasteiger partial charge in [-0.2, -0.15) is 4.31 Å². The van der Waals surface area contributed by atoms with Crippen molar-refractivity contribution in [2.24, 2.45) is 11.8 Å². The molecule has 13 nitrogen and oxygen atoms in total. The Kier molecular flexibility index (Phi) is 13.7. The normalized spacial score (nSPS) is 15.4. The number of nitrogens with zero attached hydrogens (tertiary/aromatic N) is 4. The third-order valence-electron chi connectivity index (χ3n) is 8.71. The van der Waals surface area contributed by atoms with Crippen molar-refractivity contribution in [1.29, 1.82) is 0 Å². The Balaban J connectivity index is 1.62. The Morgan fingerprint density at radius 2 is 1.67 bits per heavy atom. The molecule has 1 aromatic heterocycles. The minimum absolute atomic E-state index is 0.0906. The number of urea groups is 1. The molecule has 0 bridgehead atoms. The fourth-order valence-corrected chi connectivity index (χ4v) is 8.53. The average molecular weight is 746 g/mol. The monoisotopic (exact) mass is 745 g/mol. The number of carbonyl (C=O) groups excluding carboxylic acids is 2. The van der Waals surface area contributed by atoms with Gasteiger partial charge in [0, 0.05) is 43.7 Å². The maximum absolute atomic E-state index is 14.2. The highest BCUT2D eigenvalue weighted by Gasteiger charge is 2.41. The highest BCUT2D eigenvalue weighted by atomic mass is 32.2. The van der Waals surface area contributed by atoms with E-state index in [1.54, 1.807) is 9.80 Å². The molecule has 0 radical (unpaired) electrons. The third kappa shape index (κ3) is 9.70. The van der Waals surface area contributed by atoms with Crippen molar-refractivity contribution in [3.05, 3.63) is 64.1 Å². The van der Waals surface area contributed by atoms with Gasteiger partial charge in [0.25, 0.3) is 0 Å². The second kappa shape index (κ2) is 17.5. The minimum atomic E-state index is -4.21. The van der Waals surface area contributed by atoms with Crippen LogP contribution in [0.4, 0.5) is 4.79 Å². The number of sulfonamides is 1. The van der Waals surface area contributed by atoms with Crippen LogP contribution in [0.1, 0.15) is 44.0 Å². The second-order valence-corrected chi connectivity index (χ2v) is 16.4. The number of nitrogens with one attached hydrogen (secondary N) is 1. The van der Waals surface area contributed by atoms with Gasteiger partial charge in [-0.25, -0.2) is 18.2 Å². The molecule has 3 amide bonds. The minimum Gasteiger partial charge on any atom is -0.493 e. The largest absolute Gasteiger partial charge is 0.493 e. The van der Waals surface area contributed by atoms with Crippen LogP contribution in [0.3, 0.4) is 0 Å². The van der Waals surface area contributed by atoms with Crippen LogP contribution in [0, 0.1) is 18.8 Å². The van der Waals surface area contributed by atoms with Crippen LogP contribution in [-0.4, -0.2) is 110 Å². The Bertz CT molecular complexity index is 1710. The van der Waals surface area contributed by atoms with Crippen molar-refractivity contribution in [2.45, 2.75) is 70.7 Å². The molecule has 2 heterocycles. The predicted molar refractivity (Wildman–Crippen MR) is 196 cm³/mol. The first-order chi connectivity index (χ1) is 24.2. The number of benzene rings is 2. The molecular weight excluding hydrogens is 695 g/mol. The van der Waals surface area contributed by atoms with Crippen LogP contribution in [0.2, 0.25) is 0 Å². The number of carbonyl (C=O) groups is 2. The molecule has 3 aromatic rings. The van der Waals surface area contributed by atoms with Crippen LogP contribution in [0.5, 0.6) is 17.2 Å².